The van der Waals surface area contributed by atoms with Gasteiger partial charge in [-0.2, -0.15) is 5.10 Å². The van der Waals surface area contributed by atoms with E-state index in [0.717, 1.165) is 6.07 Å². The zero-order chi connectivity index (χ0) is 26.5. The van der Waals surface area contributed by atoms with Gasteiger partial charge in [-0.1, -0.05) is 35.9 Å². The van der Waals surface area contributed by atoms with E-state index in [1.54, 1.807) is 56.6 Å². The minimum atomic E-state index is -0.644. The molecule has 0 spiro atoms. The topological polar surface area (TPSA) is 109 Å². The van der Waals surface area contributed by atoms with Crippen LogP contribution in [0.4, 0.5) is 10.2 Å². The average Bonchev–Trinajstić information content (AvgIpc) is 3.31. The molecule has 0 atom stereocenters. The van der Waals surface area contributed by atoms with Gasteiger partial charge in [0.05, 0.1) is 28.5 Å². The third kappa shape index (κ3) is 5.81. The number of nitrogens with zero attached hydrogens (tertiary/aromatic N) is 4. The molecule has 11 heteroatoms. The Labute approximate surface area is 216 Å². The molecule has 188 valence electrons. The molecule has 0 unspecified atom stereocenters. The predicted molar refractivity (Wildman–Crippen MR) is 137 cm³/mol. The maximum absolute atomic E-state index is 14.6. The van der Waals surface area contributed by atoms with Crippen molar-refractivity contribution in [1.82, 2.24) is 25.0 Å². The van der Waals surface area contributed by atoms with Gasteiger partial charge in [0.25, 0.3) is 11.8 Å². The van der Waals surface area contributed by atoms with Gasteiger partial charge >= 0.3 is 0 Å². The van der Waals surface area contributed by atoms with E-state index >= 15 is 0 Å². The quantitative estimate of drug-likeness (QED) is 0.385. The van der Waals surface area contributed by atoms with Crippen LogP contribution in [0.1, 0.15) is 20.8 Å². The van der Waals surface area contributed by atoms with Crippen molar-refractivity contribution in [2.75, 3.05) is 26.0 Å². The fraction of sp³-hybridized carbons (Fsp3) is 0.115. The fourth-order valence-electron chi connectivity index (χ4n) is 3.38. The molecule has 0 aliphatic heterocycles. The Bertz CT molecular complexity index is 1460. The van der Waals surface area contributed by atoms with Crippen LogP contribution in [-0.2, 0) is 4.79 Å². The highest BCUT2D eigenvalue weighted by Gasteiger charge is 2.21. The van der Waals surface area contributed by atoms with Crippen LogP contribution in [0.2, 0.25) is 5.02 Å². The first-order chi connectivity index (χ1) is 17.7. The van der Waals surface area contributed by atoms with Crippen LogP contribution in [0, 0.1) is 5.82 Å². The SMILES string of the molecule is CN(C)C(=O)CNC(=O)c1cc(NC(=O)c2cc(-c3ccccn3)c(F)cc2Cl)n(-c2ccccc2)n1. The van der Waals surface area contributed by atoms with Crippen molar-refractivity contribution in [1.29, 1.82) is 0 Å². The largest absolute Gasteiger partial charge is 0.347 e. The maximum atomic E-state index is 14.6. The highest BCUT2D eigenvalue weighted by Crippen LogP contribution is 2.28. The first-order valence-corrected chi connectivity index (χ1v) is 11.5. The summed E-state index contributed by atoms with van der Waals surface area (Å²) in [7, 11) is 3.15. The number of pyridine rings is 1. The van der Waals surface area contributed by atoms with E-state index in [9.17, 15) is 18.8 Å². The van der Waals surface area contributed by atoms with E-state index in [1.165, 1.54) is 27.9 Å². The summed E-state index contributed by atoms with van der Waals surface area (Å²) >= 11 is 6.22. The van der Waals surface area contributed by atoms with Crippen LogP contribution >= 0.6 is 11.6 Å². The fourth-order valence-corrected chi connectivity index (χ4v) is 3.61. The van der Waals surface area contributed by atoms with E-state index in [0.29, 0.717) is 11.4 Å². The van der Waals surface area contributed by atoms with E-state index < -0.39 is 17.6 Å². The molecule has 0 saturated heterocycles. The zero-order valence-electron chi connectivity index (χ0n) is 19.9. The van der Waals surface area contributed by atoms with Crippen LogP contribution in [0.25, 0.3) is 16.9 Å². The standard InChI is InChI=1S/C26H22ClFN6O3/c1-33(2)24(35)15-30-26(37)22-14-23(34(32-22)16-8-4-3-5-9-16)31-25(36)17-12-18(20(28)13-19(17)27)21-10-6-7-11-29-21/h3-14H,15H2,1-2H3,(H,30,37)(H,31,36). The lowest BCUT2D eigenvalue weighted by molar-refractivity contribution is -0.127. The van der Waals surface area contributed by atoms with Crippen molar-refractivity contribution in [2.45, 2.75) is 0 Å². The molecule has 0 aliphatic carbocycles. The van der Waals surface area contributed by atoms with E-state index in [1.807, 2.05) is 6.07 Å². The number of carbonyl (C=O) groups excluding carboxylic acids is 3. The molecular formula is C26H22ClFN6O3. The van der Waals surface area contributed by atoms with Gasteiger partial charge in [0.2, 0.25) is 5.91 Å². The number of carbonyl (C=O) groups is 3. The van der Waals surface area contributed by atoms with E-state index in [-0.39, 0.29) is 40.1 Å². The van der Waals surface area contributed by atoms with E-state index in [2.05, 4.69) is 20.7 Å². The first kappa shape index (κ1) is 25.5. The Morgan fingerprint density at radius 1 is 1.00 bits per heavy atom. The predicted octanol–water partition coefficient (Wildman–Crippen LogP) is 3.80. The summed E-state index contributed by atoms with van der Waals surface area (Å²) in [6.07, 6.45) is 1.51. The molecule has 0 saturated carbocycles. The third-order valence-electron chi connectivity index (χ3n) is 5.33. The number of likely N-dealkylation sites (N-methyl/N-ethyl adjacent to an activating group) is 1. The minimum Gasteiger partial charge on any atom is -0.347 e. The summed E-state index contributed by atoms with van der Waals surface area (Å²) in [6.45, 7) is -0.215. The van der Waals surface area contributed by atoms with Gasteiger partial charge < -0.3 is 15.5 Å². The number of hydrogen-bond donors (Lipinski definition) is 2. The van der Waals surface area contributed by atoms with Crippen molar-refractivity contribution in [2.24, 2.45) is 0 Å². The van der Waals surface area contributed by atoms with Crippen LogP contribution < -0.4 is 10.6 Å². The molecular weight excluding hydrogens is 499 g/mol. The summed E-state index contributed by atoms with van der Waals surface area (Å²) in [5.74, 6) is -1.99. The molecule has 9 nitrogen and oxygen atoms in total. The van der Waals surface area contributed by atoms with Crippen LogP contribution in [0.5, 0.6) is 0 Å². The summed E-state index contributed by atoms with van der Waals surface area (Å²) in [5.41, 5.74) is 1.00. The van der Waals surface area contributed by atoms with Crippen LogP contribution in [0.3, 0.4) is 0 Å². The Morgan fingerprint density at radius 2 is 1.73 bits per heavy atom. The molecule has 3 amide bonds. The zero-order valence-corrected chi connectivity index (χ0v) is 20.7. The number of hydrogen-bond acceptors (Lipinski definition) is 5. The molecule has 2 N–H and O–H groups in total. The number of rotatable bonds is 7. The second kappa shape index (κ2) is 11.0. The van der Waals surface area contributed by atoms with Gasteiger partial charge in [-0.05, 0) is 36.4 Å². The second-order valence-electron chi connectivity index (χ2n) is 8.11. The lowest BCUT2D eigenvalue weighted by Crippen LogP contribution is -2.36. The molecule has 0 bridgehead atoms. The molecule has 0 aliphatic rings. The van der Waals surface area contributed by atoms with Crippen LogP contribution in [-0.4, -0.2) is 58.0 Å². The normalized spacial score (nSPS) is 10.6. The minimum absolute atomic E-state index is 0.00659. The van der Waals surface area contributed by atoms with Gasteiger partial charge in [0, 0.05) is 31.9 Å². The van der Waals surface area contributed by atoms with Gasteiger partial charge in [-0.3, -0.25) is 19.4 Å². The van der Waals surface area contributed by atoms with Crippen molar-refractivity contribution in [3.63, 3.8) is 0 Å². The number of halogens is 2. The Morgan fingerprint density at radius 3 is 2.41 bits per heavy atom. The van der Waals surface area contributed by atoms with Gasteiger partial charge in [0.15, 0.2) is 5.69 Å². The molecule has 37 heavy (non-hydrogen) atoms. The van der Waals surface area contributed by atoms with Crippen LogP contribution in [0.15, 0.2) is 72.9 Å². The second-order valence-corrected chi connectivity index (χ2v) is 8.52. The summed E-state index contributed by atoms with van der Waals surface area (Å²) in [5, 5.41) is 9.43. The summed E-state index contributed by atoms with van der Waals surface area (Å²) in [4.78, 5) is 43.3. The average molecular weight is 521 g/mol. The Hall–Kier alpha value is -4.57. The number of aromatic nitrogens is 3. The van der Waals surface area contributed by atoms with Gasteiger partial charge in [-0.15, -0.1) is 0 Å². The summed E-state index contributed by atoms with van der Waals surface area (Å²) < 4.78 is 16.0. The Balaban J connectivity index is 1.66. The monoisotopic (exact) mass is 520 g/mol. The van der Waals surface area contributed by atoms with E-state index in [4.69, 9.17) is 11.6 Å². The highest BCUT2D eigenvalue weighted by molar-refractivity contribution is 6.34. The van der Waals surface area contributed by atoms with Crippen molar-refractivity contribution in [3.05, 3.63) is 95.0 Å². The van der Waals surface area contributed by atoms with Gasteiger partial charge in [0.1, 0.15) is 11.6 Å². The van der Waals surface area contributed by atoms with Crippen molar-refractivity contribution < 1.29 is 18.8 Å². The molecule has 2 aromatic heterocycles. The lowest BCUT2D eigenvalue weighted by atomic mass is 10.1. The van der Waals surface area contributed by atoms with Crippen molar-refractivity contribution in [3.8, 4) is 16.9 Å². The molecule has 4 rings (SSSR count). The molecule has 0 radical (unpaired) electrons. The number of nitrogens with one attached hydrogen (secondary N) is 2. The lowest BCUT2D eigenvalue weighted by Gasteiger charge is -2.11. The molecule has 2 aromatic carbocycles. The van der Waals surface area contributed by atoms with Gasteiger partial charge in [-0.25, -0.2) is 9.07 Å². The number of para-hydroxylation sites is 1. The maximum Gasteiger partial charge on any atom is 0.272 e. The smallest absolute Gasteiger partial charge is 0.272 e. The number of amides is 3. The first-order valence-electron chi connectivity index (χ1n) is 11.1. The molecule has 4 aromatic rings. The molecule has 0 fully saturated rings. The van der Waals surface area contributed by atoms with Crippen molar-refractivity contribution >= 4 is 35.1 Å². The number of anilines is 1. The molecule has 2 heterocycles. The third-order valence-corrected chi connectivity index (χ3v) is 5.64. The Kier molecular flexibility index (Phi) is 7.59. The summed E-state index contributed by atoms with van der Waals surface area (Å²) in [6, 6.07) is 17.6. The highest BCUT2D eigenvalue weighted by atomic mass is 35.5. The number of benzene rings is 2.